The van der Waals surface area contributed by atoms with Crippen molar-refractivity contribution in [3.8, 4) is 5.75 Å². The molecule has 1 fully saturated rings. The van der Waals surface area contributed by atoms with Crippen LogP contribution in [0.2, 0.25) is 0 Å². The molecule has 1 N–H and O–H groups in total. The first-order valence-corrected chi connectivity index (χ1v) is 8.34. The Labute approximate surface area is 128 Å². The molecular formula is C18H27NO2. The van der Waals surface area contributed by atoms with Crippen LogP contribution in [0.3, 0.4) is 0 Å². The lowest BCUT2D eigenvalue weighted by Gasteiger charge is -2.33. The first-order chi connectivity index (χ1) is 10.3. The SMILES string of the molecule is CCC1OCCC1C(CC1CCOc2ccccc21)NC. The topological polar surface area (TPSA) is 30.5 Å². The second kappa shape index (κ2) is 6.80. The molecule has 0 radical (unpaired) electrons. The van der Waals surface area contributed by atoms with Crippen LogP contribution in [-0.4, -0.2) is 32.4 Å². The number of benzene rings is 1. The predicted octanol–water partition coefficient (Wildman–Crippen LogP) is 3.35. The highest BCUT2D eigenvalue weighted by Crippen LogP contribution is 2.38. The summed E-state index contributed by atoms with van der Waals surface area (Å²) in [5, 5.41) is 3.57. The lowest BCUT2D eigenvalue weighted by Crippen LogP contribution is -2.39. The standard InChI is InChI=1S/C18H27NO2/c1-3-17-15(9-11-20-17)16(19-2)12-13-8-10-21-18-7-5-4-6-14(13)18/h4-7,13,15-17,19H,3,8-12H2,1-2H3. The van der Waals surface area contributed by atoms with Gasteiger partial charge in [0.05, 0.1) is 12.7 Å². The van der Waals surface area contributed by atoms with Gasteiger partial charge in [-0.15, -0.1) is 0 Å². The maximum absolute atomic E-state index is 5.89. The van der Waals surface area contributed by atoms with Crippen molar-refractivity contribution in [2.75, 3.05) is 20.3 Å². The zero-order valence-corrected chi connectivity index (χ0v) is 13.2. The molecule has 1 aromatic rings. The molecule has 4 atom stereocenters. The number of fused-ring (bicyclic) bond motifs is 1. The van der Waals surface area contributed by atoms with Crippen molar-refractivity contribution in [2.45, 2.75) is 50.7 Å². The van der Waals surface area contributed by atoms with Gasteiger partial charge in [0, 0.05) is 18.6 Å². The molecule has 21 heavy (non-hydrogen) atoms. The second-order valence-corrected chi connectivity index (χ2v) is 6.27. The summed E-state index contributed by atoms with van der Waals surface area (Å²) in [5.41, 5.74) is 1.39. The summed E-state index contributed by atoms with van der Waals surface area (Å²) in [5.74, 6) is 2.33. The molecule has 1 aromatic carbocycles. The molecule has 0 saturated carbocycles. The Kier molecular flexibility index (Phi) is 4.81. The van der Waals surface area contributed by atoms with E-state index < -0.39 is 0 Å². The lowest BCUT2D eigenvalue weighted by atomic mass is 9.81. The molecular weight excluding hydrogens is 262 g/mol. The Morgan fingerprint density at radius 1 is 1.24 bits per heavy atom. The first-order valence-electron chi connectivity index (χ1n) is 8.34. The average Bonchev–Trinajstić information content (AvgIpc) is 3.01. The van der Waals surface area contributed by atoms with Crippen LogP contribution in [0.4, 0.5) is 0 Å². The van der Waals surface area contributed by atoms with Crippen LogP contribution >= 0.6 is 0 Å². The fourth-order valence-electron chi connectivity index (χ4n) is 4.02. The van der Waals surface area contributed by atoms with Crippen molar-refractivity contribution in [2.24, 2.45) is 5.92 Å². The van der Waals surface area contributed by atoms with Crippen molar-refractivity contribution >= 4 is 0 Å². The highest BCUT2D eigenvalue weighted by atomic mass is 16.5. The van der Waals surface area contributed by atoms with Gasteiger partial charge in [-0.2, -0.15) is 0 Å². The third-order valence-corrected chi connectivity index (χ3v) is 5.17. The minimum Gasteiger partial charge on any atom is -0.493 e. The zero-order chi connectivity index (χ0) is 14.7. The minimum absolute atomic E-state index is 0.428. The first kappa shape index (κ1) is 14.9. The van der Waals surface area contributed by atoms with E-state index in [0.717, 1.165) is 31.8 Å². The monoisotopic (exact) mass is 289 g/mol. The third kappa shape index (κ3) is 3.09. The van der Waals surface area contributed by atoms with E-state index in [1.807, 2.05) is 0 Å². The van der Waals surface area contributed by atoms with Gasteiger partial charge in [-0.05, 0) is 50.3 Å². The van der Waals surface area contributed by atoms with Crippen LogP contribution in [0, 0.1) is 5.92 Å². The van der Waals surface area contributed by atoms with Gasteiger partial charge in [-0.25, -0.2) is 0 Å². The molecule has 0 aromatic heterocycles. The Morgan fingerprint density at radius 2 is 2.10 bits per heavy atom. The van der Waals surface area contributed by atoms with Crippen LogP contribution in [-0.2, 0) is 4.74 Å². The van der Waals surface area contributed by atoms with Crippen LogP contribution in [0.25, 0.3) is 0 Å². The van der Waals surface area contributed by atoms with Gasteiger partial charge in [-0.3, -0.25) is 0 Å². The van der Waals surface area contributed by atoms with Crippen molar-refractivity contribution in [1.82, 2.24) is 5.32 Å². The fraction of sp³-hybridized carbons (Fsp3) is 0.667. The number of hydrogen-bond donors (Lipinski definition) is 1. The van der Waals surface area contributed by atoms with Gasteiger partial charge in [0.1, 0.15) is 5.75 Å². The quantitative estimate of drug-likeness (QED) is 0.901. The summed E-state index contributed by atoms with van der Waals surface area (Å²) in [6.45, 7) is 4.00. The van der Waals surface area contributed by atoms with Gasteiger partial charge in [0.25, 0.3) is 0 Å². The summed E-state index contributed by atoms with van der Waals surface area (Å²) in [6.07, 6.45) is 5.04. The van der Waals surface area contributed by atoms with Gasteiger partial charge in [0.15, 0.2) is 0 Å². The molecule has 2 aliphatic rings. The fourth-order valence-corrected chi connectivity index (χ4v) is 4.02. The molecule has 2 aliphatic heterocycles. The largest absolute Gasteiger partial charge is 0.493 e. The number of rotatable bonds is 5. The molecule has 0 aliphatic carbocycles. The number of nitrogens with one attached hydrogen (secondary N) is 1. The number of ether oxygens (including phenoxy) is 2. The van der Waals surface area contributed by atoms with Gasteiger partial charge >= 0.3 is 0 Å². The van der Waals surface area contributed by atoms with E-state index in [1.165, 1.54) is 18.4 Å². The van der Waals surface area contributed by atoms with Gasteiger partial charge in [-0.1, -0.05) is 25.1 Å². The van der Waals surface area contributed by atoms with Gasteiger partial charge < -0.3 is 14.8 Å². The maximum Gasteiger partial charge on any atom is 0.122 e. The average molecular weight is 289 g/mol. The molecule has 116 valence electrons. The molecule has 0 amide bonds. The summed E-state index contributed by atoms with van der Waals surface area (Å²) >= 11 is 0. The van der Waals surface area contributed by atoms with E-state index in [0.29, 0.717) is 24.0 Å². The summed E-state index contributed by atoms with van der Waals surface area (Å²) in [6, 6.07) is 9.06. The van der Waals surface area contributed by atoms with Crippen LogP contribution in [0.5, 0.6) is 5.75 Å². The number of para-hydroxylation sites is 1. The van der Waals surface area contributed by atoms with Crippen LogP contribution in [0.1, 0.15) is 44.1 Å². The molecule has 3 heteroatoms. The normalized spacial score (nSPS) is 29.7. The molecule has 3 nitrogen and oxygen atoms in total. The lowest BCUT2D eigenvalue weighted by molar-refractivity contribution is 0.0758. The van der Waals surface area contributed by atoms with Gasteiger partial charge in [0.2, 0.25) is 0 Å². The Bertz CT molecular complexity index is 462. The summed E-state index contributed by atoms with van der Waals surface area (Å²) < 4.78 is 11.7. The highest BCUT2D eigenvalue weighted by molar-refractivity contribution is 5.37. The Morgan fingerprint density at radius 3 is 2.90 bits per heavy atom. The minimum atomic E-state index is 0.428. The van der Waals surface area contributed by atoms with E-state index in [2.05, 4.69) is 43.6 Å². The predicted molar refractivity (Wildman–Crippen MR) is 84.9 cm³/mol. The van der Waals surface area contributed by atoms with Crippen LogP contribution < -0.4 is 10.1 Å². The maximum atomic E-state index is 5.89. The molecule has 4 unspecified atom stereocenters. The van der Waals surface area contributed by atoms with E-state index in [4.69, 9.17) is 9.47 Å². The summed E-state index contributed by atoms with van der Waals surface area (Å²) in [4.78, 5) is 0. The molecule has 1 saturated heterocycles. The van der Waals surface area contributed by atoms with E-state index in [-0.39, 0.29) is 0 Å². The second-order valence-electron chi connectivity index (χ2n) is 6.27. The zero-order valence-electron chi connectivity index (χ0n) is 13.2. The van der Waals surface area contributed by atoms with Crippen molar-refractivity contribution in [1.29, 1.82) is 0 Å². The van der Waals surface area contributed by atoms with Crippen molar-refractivity contribution in [3.63, 3.8) is 0 Å². The van der Waals surface area contributed by atoms with E-state index in [1.54, 1.807) is 0 Å². The molecule has 0 spiro atoms. The molecule has 3 rings (SSSR count). The molecule has 0 bridgehead atoms. The highest BCUT2D eigenvalue weighted by Gasteiger charge is 2.35. The van der Waals surface area contributed by atoms with E-state index >= 15 is 0 Å². The molecule has 2 heterocycles. The van der Waals surface area contributed by atoms with Crippen molar-refractivity contribution < 1.29 is 9.47 Å². The Balaban J connectivity index is 1.73. The number of hydrogen-bond acceptors (Lipinski definition) is 3. The Hall–Kier alpha value is -1.06. The third-order valence-electron chi connectivity index (χ3n) is 5.17. The van der Waals surface area contributed by atoms with Crippen LogP contribution in [0.15, 0.2) is 24.3 Å². The van der Waals surface area contributed by atoms with E-state index in [9.17, 15) is 0 Å². The van der Waals surface area contributed by atoms with Crippen molar-refractivity contribution in [3.05, 3.63) is 29.8 Å². The smallest absolute Gasteiger partial charge is 0.122 e. The summed E-state index contributed by atoms with van der Waals surface area (Å²) in [7, 11) is 2.10.